The first-order valence-electron chi connectivity index (χ1n) is 6.77. The van der Waals surface area contributed by atoms with E-state index in [1.807, 2.05) is 42.5 Å². The zero-order chi connectivity index (χ0) is 17.5. The van der Waals surface area contributed by atoms with E-state index in [2.05, 4.69) is 21.7 Å². The van der Waals surface area contributed by atoms with Gasteiger partial charge in [-0.15, -0.1) is 0 Å². The molecular formula is C15H23N7O. The van der Waals surface area contributed by atoms with E-state index in [0.717, 1.165) is 17.1 Å². The summed E-state index contributed by atoms with van der Waals surface area (Å²) in [6.07, 6.45) is 0. The summed E-state index contributed by atoms with van der Waals surface area (Å²) < 4.78 is 0. The number of carbonyl (C=O) groups is 1. The Bertz CT molecular complexity index is 564. The topological polar surface area (TPSA) is 172 Å². The molecule has 0 atom stereocenters. The number of hydrogen-bond donors (Lipinski definition) is 5. The van der Waals surface area contributed by atoms with Crippen LogP contribution in [-0.2, 0) is 0 Å². The smallest absolute Gasteiger partial charge is 0.309 e. The average molecular weight is 317 g/mol. The summed E-state index contributed by atoms with van der Waals surface area (Å²) in [7, 11) is 0. The molecule has 0 saturated carbocycles. The Labute approximate surface area is 135 Å². The quantitative estimate of drug-likeness (QED) is 0.427. The third-order valence-corrected chi connectivity index (χ3v) is 2.10. The Morgan fingerprint density at radius 1 is 0.783 bits per heavy atom. The summed E-state index contributed by atoms with van der Waals surface area (Å²) in [4.78, 5) is 9.00. The number of primary amides is 2. The Morgan fingerprint density at radius 2 is 1.17 bits per heavy atom. The Balaban J connectivity index is 0.000000509. The van der Waals surface area contributed by atoms with Gasteiger partial charge in [0.25, 0.3) is 0 Å². The van der Waals surface area contributed by atoms with Crippen LogP contribution in [0.3, 0.4) is 0 Å². The average Bonchev–Trinajstić information content (AvgIpc) is 2.55. The van der Waals surface area contributed by atoms with Crippen molar-refractivity contribution in [3.8, 4) is 0 Å². The van der Waals surface area contributed by atoms with Crippen molar-refractivity contribution in [2.75, 3.05) is 18.8 Å². The summed E-state index contributed by atoms with van der Waals surface area (Å²) in [5.41, 5.74) is 26.2. The van der Waals surface area contributed by atoms with Crippen molar-refractivity contribution in [2.45, 2.75) is 0 Å². The van der Waals surface area contributed by atoms with Crippen molar-refractivity contribution < 1.29 is 4.79 Å². The number of amides is 2. The molecule has 2 aromatic rings. The van der Waals surface area contributed by atoms with Gasteiger partial charge in [0.15, 0.2) is 0 Å². The van der Waals surface area contributed by atoms with E-state index >= 15 is 0 Å². The van der Waals surface area contributed by atoms with E-state index in [0.29, 0.717) is 13.1 Å². The molecular weight excluding hydrogens is 294 g/mol. The van der Waals surface area contributed by atoms with Crippen LogP contribution < -0.4 is 28.7 Å². The lowest BCUT2D eigenvalue weighted by Gasteiger charge is -1.93. The van der Waals surface area contributed by atoms with E-state index in [-0.39, 0.29) is 0 Å². The fourth-order valence-electron chi connectivity index (χ4n) is 1.15. The van der Waals surface area contributed by atoms with Crippen molar-refractivity contribution in [3.05, 3.63) is 54.6 Å². The van der Waals surface area contributed by atoms with Crippen LogP contribution in [0, 0.1) is 0 Å². The first-order chi connectivity index (χ1) is 11.0. The van der Waals surface area contributed by atoms with Crippen molar-refractivity contribution in [1.29, 1.82) is 0 Å². The molecule has 8 nitrogen and oxygen atoms in total. The predicted octanol–water partition coefficient (Wildman–Crippen LogP) is 1.61. The molecule has 0 aromatic heterocycles. The number of nitrogens with two attached hydrogens (primary N) is 5. The van der Waals surface area contributed by atoms with E-state index in [9.17, 15) is 0 Å². The van der Waals surface area contributed by atoms with Gasteiger partial charge in [-0.2, -0.15) is 10.2 Å². The minimum atomic E-state index is -0.833. The highest BCUT2D eigenvalue weighted by atomic mass is 16.2. The van der Waals surface area contributed by atoms with E-state index in [1.165, 1.54) is 0 Å². The molecule has 0 heterocycles. The highest BCUT2D eigenvalue weighted by Gasteiger charge is 1.89. The van der Waals surface area contributed by atoms with Crippen LogP contribution in [-0.4, -0.2) is 19.1 Å². The Hall–Kier alpha value is -2.97. The third kappa shape index (κ3) is 12.5. The van der Waals surface area contributed by atoms with Crippen LogP contribution in [0.2, 0.25) is 0 Å². The van der Waals surface area contributed by atoms with Gasteiger partial charge in [0.05, 0.1) is 11.4 Å². The number of nitrogen functional groups attached to an aromatic ring is 1. The first kappa shape index (κ1) is 20.0. The molecule has 124 valence electrons. The molecule has 2 amide bonds. The lowest BCUT2D eigenvalue weighted by Crippen LogP contribution is -2.18. The van der Waals surface area contributed by atoms with Gasteiger partial charge in [0.1, 0.15) is 0 Å². The minimum Gasteiger partial charge on any atom is -0.399 e. The molecule has 0 aliphatic carbocycles. The number of anilines is 1. The number of benzene rings is 2. The fourth-order valence-corrected chi connectivity index (χ4v) is 1.15. The molecule has 0 aliphatic heterocycles. The standard InChI is InChI=1S/C12H11N3.C2H8N2.CH4N2O/c13-10-6-8-12(9-7-10)15-14-11-4-2-1-3-5-11;3-1-2-4;2-1(3)4/h1-9H,13H2;1-4H2;(H4,2,3,4). The monoisotopic (exact) mass is 317 g/mol. The molecule has 10 N–H and O–H groups in total. The van der Waals surface area contributed by atoms with Crippen LogP contribution in [0.1, 0.15) is 0 Å². The second-order valence-corrected chi connectivity index (χ2v) is 4.11. The minimum absolute atomic E-state index is 0.597. The summed E-state index contributed by atoms with van der Waals surface area (Å²) in [6, 6.07) is 16.1. The van der Waals surface area contributed by atoms with Crippen molar-refractivity contribution in [3.63, 3.8) is 0 Å². The maximum Gasteiger partial charge on any atom is 0.309 e. The van der Waals surface area contributed by atoms with Gasteiger partial charge in [-0.25, -0.2) is 4.79 Å². The van der Waals surface area contributed by atoms with Gasteiger partial charge < -0.3 is 28.7 Å². The number of azo groups is 1. The van der Waals surface area contributed by atoms with E-state index in [1.54, 1.807) is 12.1 Å². The van der Waals surface area contributed by atoms with Gasteiger partial charge in [-0.1, -0.05) is 18.2 Å². The summed E-state index contributed by atoms with van der Waals surface area (Å²) in [5.74, 6) is 0. The maximum absolute atomic E-state index is 9.00. The normalized spacial score (nSPS) is 9.30. The molecule has 0 saturated heterocycles. The second kappa shape index (κ2) is 12.7. The van der Waals surface area contributed by atoms with Crippen LogP contribution in [0.5, 0.6) is 0 Å². The van der Waals surface area contributed by atoms with Crippen LogP contribution in [0.4, 0.5) is 21.9 Å². The van der Waals surface area contributed by atoms with Crippen molar-refractivity contribution in [2.24, 2.45) is 33.2 Å². The van der Waals surface area contributed by atoms with Crippen molar-refractivity contribution in [1.82, 2.24) is 0 Å². The number of carbonyl (C=O) groups excluding carboxylic acids is 1. The summed E-state index contributed by atoms with van der Waals surface area (Å²) in [6.45, 7) is 1.19. The highest BCUT2D eigenvalue weighted by Crippen LogP contribution is 2.18. The van der Waals surface area contributed by atoms with Gasteiger partial charge in [-0.3, -0.25) is 0 Å². The van der Waals surface area contributed by atoms with Crippen LogP contribution in [0.25, 0.3) is 0 Å². The molecule has 0 spiro atoms. The zero-order valence-electron chi connectivity index (χ0n) is 12.8. The molecule has 2 rings (SSSR count). The maximum atomic E-state index is 9.00. The van der Waals surface area contributed by atoms with E-state index in [4.69, 9.17) is 22.0 Å². The lowest BCUT2D eigenvalue weighted by molar-refractivity contribution is 0.256. The Kier molecular flexibility index (Phi) is 11.1. The molecule has 0 radical (unpaired) electrons. The molecule has 2 aromatic carbocycles. The number of hydrogen-bond acceptors (Lipinski definition) is 6. The van der Waals surface area contributed by atoms with E-state index < -0.39 is 6.03 Å². The third-order valence-electron chi connectivity index (χ3n) is 2.10. The largest absolute Gasteiger partial charge is 0.399 e. The molecule has 0 fully saturated rings. The molecule has 0 bridgehead atoms. The molecule has 23 heavy (non-hydrogen) atoms. The zero-order valence-corrected chi connectivity index (χ0v) is 12.8. The van der Waals surface area contributed by atoms with Gasteiger partial charge in [0.2, 0.25) is 0 Å². The van der Waals surface area contributed by atoms with Gasteiger partial charge in [-0.05, 0) is 36.4 Å². The number of nitrogens with zero attached hydrogens (tertiary/aromatic N) is 2. The Morgan fingerprint density at radius 3 is 1.57 bits per heavy atom. The lowest BCUT2D eigenvalue weighted by atomic mass is 10.3. The molecule has 0 aliphatic rings. The first-order valence-corrected chi connectivity index (χ1v) is 6.77. The molecule has 8 heteroatoms. The SMILES string of the molecule is NC(N)=O.NCCN.Nc1ccc(N=Nc2ccccc2)cc1. The summed E-state index contributed by atoms with van der Waals surface area (Å²) >= 11 is 0. The second-order valence-electron chi connectivity index (χ2n) is 4.11. The predicted molar refractivity (Wildman–Crippen MR) is 93.4 cm³/mol. The van der Waals surface area contributed by atoms with Crippen LogP contribution in [0.15, 0.2) is 64.8 Å². The van der Waals surface area contributed by atoms with Gasteiger partial charge >= 0.3 is 6.03 Å². The van der Waals surface area contributed by atoms with Gasteiger partial charge in [0, 0.05) is 18.8 Å². The van der Waals surface area contributed by atoms with Crippen molar-refractivity contribution >= 4 is 23.1 Å². The summed E-state index contributed by atoms with van der Waals surface area (Å²) in [5, 5.41) is 8.18. The molecule has 0 unspecified atom stereocenters. The number of rotatable bonds is 3. The fraction of sp³-hybridized carbons (Fsp3) is 0.133. The highest BCUT2D eigenvalue weighted by molar-refractivity contribution is 5.69. The number of urea groups is 1. The van der Waals surface area contributed by atoms with Crippen LogP contribution >= 0.6 is 0 Å².